The number of benzene rings is 2. The summed E-state index contributed by atoms with van der Waals surface area (Å²) in [6.07, 6.45) is 2.91. The number of carbonyl (C=O) groups is 1. The van der Waals surface area contributed by atoms with E-state index in [4.69, 9.17) is 9.47 Å². The van der Waals surface area contributed by atoms with Crippen molar-refractivity contribution in [1.29, 1.82) is 0 Å². The van der Waals surface area contributed by atoms with E-state index in [1.54, 1.807) is 14.2 Å². The average Bonchev–Trinajstić information content (AvgIpc) is 3.04. The molecule has 0 aromatic heterocycles. The van der Waals surface area contributed by atoms with Gasteiger partial charge >= 0.3 is 0 Å². The van der Waals surface area contributed by atoms with Crippen molar-refractivity contribution in [3.63, 3.8) is 0 Å². The lowest BCUT2D eigenvalue weighted by Gasteiger charge is -2.40. The molecule has 148 valence electrons. The Bertz CT molecular complexity index is 824. The summed E-state index contributed by atoms with van der Waals surface area (Å²) in [4.78, 5) is 17.5. The molecule has 2 aromatic carbocycles. The van der Waals surface area contributed by atoms with Crippen LogP contribution in [0.25, 0.3) is 0 Å². The molecule has 2 fully saturated rings. The molecule has 2 aliphatic rings. The molecule has 0 aliphatic carbocycles. The quantitative estimate of drug-likeness (QED) is 0.740. The van der Waals surface area contributed by atoms with Crippen LogP contribution in [0.1, 0.15) is 24.0 Å². The fourth-order valence-electron chi connectivity index (χ4n) is 4.49. The number of fused-ring (bicyclic) bond motifs is 2. The van der Waals surface area contributed by atoms with E-state index in [1.807, 2.05) is 24.3 Å². The summed E-state index contributed by atoms with van der Waals surface area (Å²) >= 11 is 0. The highest BCUT2D eigenvalue weighted by molar-refractivity contribution is 5.83. The summed E-state index contributed by atoms with van der Waals surface area (Å²) in [5.74, 6) is 1.75. The van der Waals surface area contributed by atoms with Gasteiger partial charge in [0, 0.05) is 25.7 Å². The van der Waals surface area contributed by atoms with Crippen molar-refractivity contribution in [3.8, 4) is 11.5 Å². The lowest BCUT2D eigenvalue weighted by molar-refractivity contribution is -0.141. The van der Waals surface area contributed by atoms with Gasteiger partial charge in [-0.15, -0.1) is 0 Å². The van der Waals surface area contributed by atoms with Gasteiger partial charge in [-0.3, -0.25) is 9.69 Å². The zero-order chi connectivity index (χ0) is 19.5. The minimum absolute atomic E-state index is 0.0318. The maximum absolute atomic E-state index is 13.1. The second kappa shape index (κ2) is 8.23. The number of methoxy groups -OCH3 is 2. The standard InChI is InChI=1S/C23H28N2O3/c1-27-21-11-8-17(14-22(21)28-2)12-13-24-16-19-9-10-20(23(24)26)25(19)15-18-6-4-3-5-7-18/h3-8,11,14,19-20H,9-10,12-13,15-16H2,1-2H3. The second-order valence-corrected chi connectivity index (χ2v) is 7.63. The zero-order valence-electron chi connectivity index (χ0n) is 16.6. The maximum atomic E-state index is 13.1. The van der Waals surface area contributed by atoms with Crippen LogP contribution in [0.5, 0.6) is 11.5 Å². The Kier molecular flexibility index (Phi) is 5.53. The van der Waals surface area contributed by atoms with Crippen molar-refractivity contribution < 1.29 is 14.3 Å². The van der Waals surface area contributed by atoms with E-state index in [0.717, 1.165) is 56.0 Å². The molecule has 5 nitrogen and oxygen atoms in total. The molecular formula is C23H28N2O3. The topological polar surface area (TPSA) is 42.0 Å². The lowest BCUT2D eigenvalue weighted by atomic mass is 10.1. The third-order valence-electron chi connectivity index (χ3n) is 6.00. The summed E-state index contributed by atoms with van der Waals surface area (Å²) in [7, 11) is 3.29. The Morgan fingerprint density at radius 3 is 2.50 bits per heavy atom. The molecule has 0 spiro atoms. The highest BCUT2D eigenvalue weighted by Gasteiger charge is 2.44. The molecule has 2 saturated heterocycles. The van der Waals surface area contributed by atoms with Crippen LogP contribution in [0.3, 0.4) is 0 Å². The number of rotatable bonds is 7. The normalized spacial score (nSPS) is 21.8. The van der Waals surface area contributed by atoms with Gasteiger partial charge in [-0.1, -0.05) is 36.4 Å². The largest absolute Gasteiger partial charge is 0.493 e. The van der Waals surface area contributed by atoms with Crippen molar-refractivity contribution in [3.05, 3.63) is 59.7 Å². The van der Waals surface area contributed by atoms with Gasteiger partial charge in [-0.25, -0.2) is 0 Å². The molecule has 2 atom stereocenters. The molecule has 2 heterocycles. The van der Waals surface area contributed by atoms with E-state index >= 15 is 0 Å². The highest BCUT2D eigenvalue weighted by atomic mass is 16.5. The molecule has 5 heteroatoms. The van der Waals surface area contributed by atoms with E-state index in [0.29, 0.717) is 6.04 Å². The Labute approximate surface area is 166 Å². The van der Waals surface area contributed by atoms with Gasteiger partial charge in [0.25, 0.3) is 0 Å². The van der Waals surface area contributed by atoms with E-state index in [1.165, 1.54) is 5.56 Å². The zero-order valence-corrected chi connectivity index (χ0v) is 16.6. The first-order chi connectivity index (χ1) is 13.7. The van der Waals surface area contributed by atoms with Crippen molar-refractivity contribution in [2.24, 2.45) is 0 Å². The fourth-order valence-corrected chi connectivity index (χ4v) is 4.49. The maximum Gasteiger partial charge on any atom is 0.240 e. The van der Waals surface area contributed by atoms with Crippen molar-refractivity contribution in [1.82, 2.24) is 9.80 Å². The Hall–Kier alpha value is -2.53. The first kappa shape index (κ1) is 18.8. The average molecular weight is 380 g/mol. The Balaban J connectivity index is 1.39. The number of likely N-dealkylation sites (tertiary alicyclic amines) is 1. The Morgan fingerprint density at radius 2 is 1.75 bits per heavy atom. The molecule has 0 N–H and O–H groups in total. The van der Waals surface area contributed by atoms with Crippen LogP contribution in [-0.4, -0.2) is 55.1 Å². The van der Waals surface area contributed by atoms with Crippen molar-refractivity contribution >= 4 is 5.91 Å². The van der Waals surface area contributed by atoms with Gasteiger partial charge in [-0.05, 0) is 42.5 Å². The van der Waals surface area contributed by atoms with Gasteiger partial charge in [0.05, 0.1) is 20.3 Å². The van der Waals surface area contributed by atoms with Crippen LogP contribution >= 0.6 is 0 Å². The van der Waals surface area contributed by atoms with E-state index in [2.05, 4.69) is 34.1 Å². The van der Waals surface area contributed by atoms with E-state index in [9.17, 15) is 4.79 Å². The monoisotopic (exact) mass is 380 g/mol. The van der Waals surface area contributed by atoms with Gasteiger partial charge < -0.3 is 14.4 Å². The van der Waals surface area contributed by atoms with E-state index < -0.39 is 0 Å². The molecule has 2 aliphatic heterocycles. The summed E-state index contributed by atoms with van der Waals surface area (Å²) in [5.41, 5.74) is 2.44. The Morgan fingerprint density at radius 1 is 0.964 bits per heavy atom. The molecule has 0 saturated carbocycles. The minimum Gasteiger partial charge on any atom is -0.493 e. The first-order valence-electron chi connectivity index (χ1n) is 9.99. The molecule has 28 heavy (non-hydrogen) atoms. The minimum atomic E-state index is 0.0318. The van der Waals surface area contributed by atoms with Crippen LogP contribution in [0.2, 0.25) is 0 Å². The first-order valence-corrected chi connectivity index (χ1v) is 9.99. The van der Waals surface area contributed by atoms with Crippen LogP contribution < -0.4 is 9.47 Å². The van der Waals surface area contributed by atoms with Gasteiger partial charge in [0.1, 0.15) is 0 Å². The number of carbonyl (C=O) groups excluding carboxylic acids is 1. The SMILES string of the molecule is COc1ccc(CCN2CC3CCC(C2=O)N3Cc2ccccc2)cc1OC. The molecule has 2 unspecified atom stereocenters. The molecule has 2 bridgehead atoms. The summed E-state index contributed by atoms with van der Waals surface area (Å²) in [6.45, 7) is 2.45. The van der Waals surface area contributed by atoms with Gasteiger partial charge in [0.2, 0.25) is 5.91 Å². The van der Waals surface area contributed by atoms with Crippen molar-refractivity contribution in [2.75, 3.05) is 27.3 Å². The lowest BCUT2D eigenvalue weighted by Crippen LogP contribution is -2.57. The molecular weight excluding hydrogens is 352 g/mol. The predicted octanol–water partition coefficient (Wildman–Crippen LogP) is 3.12. The summed E-state index contributed by atoms with van der Waals surface area (Å²) < 4.78 is 10.7. The number of hydrogen-bond acceptors (Lipinski definition) is 4. The van der Waals surface area contributed by atoms with E-state index in [-0.39, 0.29) is 11.9 Å². The summed E-state index contributed by atoms with van der Waals surface area (Å²) in [6, 6.07) is 16.9. The van der Waals surface area contributed by atoms with Gasteiger partial charge in [-0.2, -0.15) is 0 Å². The van der Waals surface area contributed by atoms with Crippen molar-refractivity contribution in [2.45, 2.75) is 37.9 Å². The second-order valence-electron chi connectivity index (χ2n) is 7.63. The van der Waals surface area contributed by atoms with Crippen LogP contribution in [0, 0.1) is 0 Å². The third kappa shape index (κ3) is 3.72. The highest BCUT2D eigenvalue weighted by Crippen LogP contribution is 2.33. The summed E-state index contributed by atoms with van der Waals surface area (Å²) in [5, 5.41) is 0. The van der Waals surface area contributed by atoms with Gasteiger partial charge in [0.15, 0.2) is 11.5 Å². The van der Waals surface area contributed by atoms with Crippen LogP contribution in [0.4, 0.5) is 0 Å². The number of amides is 1. The predicted molar refractivity (Wildman–Crippen MR) is 109 cm³/mol. The number of piperazine rings is 1. The fraction of sp³-hybridized carbons (Fsp3) is 0.435. The molecule has 2 aromatic rings. The smallest absolute Gasteiger partial charge is 0.240 e. The number of ether oxygens (including phenoxy) is 2. The van der Waals surface area contributed by atoms with Crippen LogP contribution in [-0.2, 0) is 17.8 Å². The molecule has 4 rings (SSSR count). The third-order valence-corrected chi connectivity index (χ3v) is 6.00. The molecule has 0 radical (unpaired) electrons. The number of hydrogen-bond donors (Lipinski definition) is 0. The number of nitrogens with zero attached hydrogens (tertiary/aromatic N) is 2. The molecule has 1 amide bonds. The van der Waals surface area contributed by atoms with Crippen LogP contribution in [0.15, 0.2) is 48.5 Å².